The molecule has 0 saturated carbocycles. The summed E-state index contributed by atoms with van der Waals surface area (Å²) in [5, 5.41) is 0. The van der Waals surface area contributed by atoms with E-state index in [4.69, 9.17) is 4.74 Å². The summed E-state index contributed by atoms with van der Waals surface area (Å²) >= 11 is 0. The third-order valence-corrected chi connectivity index (χ3v) is 7.99. The standard InChI is InChI=1S/C30H41FN3O2P/c1-20(2)34(21(3)4)17-26-14-24(9-10-27(26)28-13-23(6)33-16-29(28)31)18-36-30-15-25(11-12-32-30)22(5)19-37(7,8)35/h9-16,20-22H,17-19H2,1-8H3/t22-/m1/s1. The van der Waals surface area contributed by atoms with E-state index in [1.807, 2.05) is 50.6 Å². The summed E-state index contributed by atoms with van der Waals surface area (Å²) in [6, 6.07) is 12.5. The molecule has 1 atom stereocenters. The number of ether oxygens (including phenoxy) is 1. The van der Waals surface area contributed by atoms with Gasteiger partial charge in [-0.1, -0.05) is 25.1 Å². The minimum Gasteiger partial charge on any atom is -0.473 e. The first-order valence-electron chi connectivity index (χ1n) is 13.0. The fourth-order valence-electron chi connectivity index (χ4n) is 4.77. The van der Waals surface area contributed by atoms with Crippen molar-refractivity contribution in [3.8, 4) is 17.0 Å². The molecule has 0 fully saturated rings. The van der Waals surface area contributed by atoms with Crippen LogP contribution < -0.4 is 4.74 Å². The summed E-state index contributed by atoms with van der Waals surface area (Å²) < 4.78 is 33.2. The van der Waals surface area contributed by atoms with Gasteiger partial charge >= 0.3 is 0 Å². The van der Waals surface area contributed by atoms with E-state index in [1.165, 1.54) is 6.20 Å². The molecule has 0 aliphatic carbocycles. The molecular formula is C30H41FN3O2P. The lowest BCUT2D eigenvalue weighted by Gasteiger charge is -2.31. The lowest BCUT2D eigenvalue weighted by atomic mass is 9.96. The van der Waals surface area contributed by atoms with Gasteiger partial charge in [0.15, 0.2) is 0 Å². The molecule has 3 rings (SSSR count). The molecule has 0 saturated heterocycles. The predicted octanol–water partition coefficient (Wildman–Crippen LogP) is 7.52. The van der Waals surface area contributed by atoms with E-state index >= 15 is 0 Å². The predicted molar refractivity (Wildman–Crippen MR) is 151 cm³/mol. The van der Waals surface area contributed by atoms with Gasteiger partial charge in [0.25, 0.3) is 0 Å². The average molecular weight is 526 g/mol. The molecule has 0 unspecified atom stereocenters. The van der Waals surface area contributed by atoms with Gasteiger partial charge in [-0.05, 0) is 88.3 Å². The molecule has 0 radical (unpaired) electrons. The molecule has 3 aromatic rings. The first-order valence-corrected chi connectivity index (χ1v) is 15.8. The fraction of sp³-hybridized carbons (Fsp3) is 0.467. The minimum absolute atomic E-state index is 0.161. The Morgan fingerprint density at radius 3 is 2.32 bits per heavy atom. The summed E-state index contributed by atoms with van der Waals surface area (Å²) in [7, 11) is -2.13. The Kier molecular flexibility index (Phi) is 9.66. The van der Waals surface area contributed by atoms with Crippen LogP contribution in [0.1, 0.15) is 62.9 Å². The smallest absolute Gasteiger partial charge is 0.213 e. The fourth-order valence-corrected chi connectivity index (χ4v) is 6.30. The second kappa shape index (κ2) is 12.3. The van der Waals surface area contributed by atoms with E-state index in [2.05, 4.69) is 55.6 Å². The van der Waals surface area contributed by atoms with Gasteiger partial charge in [-0.15, -0.1) is 0 Å². The van der Waals surface area contributed by atoms with Crippen LogP contribution in [0.5, 0.6) is 5.88 Å². The van der Waals surface area contributed by atoms with Crippen molar-refractivity contribution in [3.63, 3.8) is 0 Å². The molecule has 0 spiro atoms. The highest BCUT2D eigenvalue weighted by atomic mass is 31.2. The molecule has 0 N–H and O–H groups in total. The monoisotopic (exact) mass is 525 g/mol. The van der Waals surface area contributed by atoms with Crippen molar-refractivity contribution in [2.75, 3.05) is 19.5 Å². The SMILES string of the molecule is Cc1cc(-c2ccc(COc3cc([C@H](C)CP(C)(C)=O)ccn3)cc2CN(C(C)C)C(C)C)c(F)cn1. The Balaban J connectivity index is 1.89. The van der Waals surface area contributed by atoms with Gasteiger partial charge in [-0.3, -0.25) is 9.88 Å². The molecule has 0 aliphatic heterocycles. The van der Waals surface area contributed by atoms with Crippen LogP contribution in [-0.2, 0) is 17.7 Å². The summed E-state index contributed by atoms with van der Waals surface area (Å²) in [5.41, 5.74) is 5.32. The highest BCUT2D eigenvalue weighted by Crippen LogP contribution is 2.41. The normalized spacial score (nSPS) is 13.0. The van der Waals surface area contributed by atoms with Crippen molar-refractivity contribution in [3.05, 3.63) is 77.0 Å². The van der Waals surface area contributed by atoms with Gasteiger partial charge in [-0.2, -0.15) is 0 Å². The van der Waals surface area contributed by atoms with Crippen LogP contribution >= 0.6 is 7.14 Å². The van der Waals surface area contributed by atoms with Gasteiger partial charge in [0.1, 0.15) is 12.4 Å². The molecule has 0 amide bonds. The number of hydrogen-bond acceptors (Lipinski definition) is 5. The number of aromatic nitrogens is 2. The van der Waals surface area contributed by atoms with Crippen LogP contribution in [0.15, 0.2) is 48.8 Å². The first-order chi connectivity index (χ1) is 17.3. The van der Waals surface area contributed by atoms with Crippen LogP contribution in [0.2, 0.25) is 0 Å². The summed E-state index contributed by atoms with van der Waals surface area (Å²) in [5.74, 6) is 0.378. The van der Waals surface area contributed by atoms with E-state index in [-0.39, 0.29) is 11.7 Å². The largest absolute Gasteiger partial charge is 0.473 e. The number of benzene rings is 1. The number of aryl methyl sites for hydroxylation is 1. The number of rotatable bonds is 11. The van der Waals surface area contributed by atoms with E-state index in [1.54, 1.807) is 6.20 Å². The zero-order valence-electron chi connectivity index (χ0n) is 23.5. The van der Waals surface area contributed by atoms with Crippen LogP contribution in [0.4, 0.5) is 4.39 Å². The molecule has 2 aromatic heterocycles. The molecule has 0 bridgehead atoms. The quantitative estimate of drug-likeness (QED) is 0.242. The zero-order valence-corrected chi connectivity index (χ0v) is 24.3. The van der Waals surface area contributed by atoms with Crippen molar-refractivity contribution < 1.29 is 13.7 Å². The van der Waals surface area contributed by atoms with E-state index in [0.29, 0.717) is 42.8 Å². The molecule has 0 aliphatic rings. The lowest BCUT2D eigenvalue weighted by molar-refractivity contribution is 0.166. The Labute approximate surface area is 221 Å². The number of hydrogen-bond donors (Lipinski definition) is 0. The van der Waals surface area contributed by atoms with Crippen molar-refractivity contribution in [1.29, 1.82) is 0 Å². The lowest BCUT2D eigenvalue weighted by Crippen LogP contribution is -2.36. The van der Waals surface area contributed by atoms with Crippen molar-refractivity contribution in [2.45, 2.75) is 72.7 Å². The minimum atomic E-state index is -2.13. The number of pyridine rings is 2. The summed E-state index contributed by atoms with van der Waals surface area (Å²) in [4.78, 5) is 10.9. The Morgan fingerprint density at radius 1 is 0.973 bits per heavy atom. The van der Waals surface area contributed by atoms with Crippen LogP contribution in [-0.4, -0.2) is 46.4 Å². The number of nitrogens with zero attached hydrogens (tertiary/aromatic N) is 3. The highest BCUT2D eigenvalue weighted by molar-refractivity contribution is 7.62. The summed E-state index contributed by atoms with van der Waals surface area (Å²) in [6.45, 7) is 17.4. The number of halogens is 1. The molecule has 1 aromatic carbocycles. The van der Waals surface area contributed by atoms with Gasteiger partial charge < -0.3 is 9.30 Å². The highest BCUT2D eigenvalue weighted by Gasteiger charge is 2.19. The van der Waals surface area contributed by atoms with Gasteiger partial charge in [0.2, 0.25) is 5.88 Å². The second-order valence-corrected chi connectivity index (χ2v) is 14.5. The van der Waals surface area contributed by atoms with Crippen LogP contribution in [0.25, 0.3) is 11.1 Å². The van der Waals surface area contributed by atoms with Crippen molar-refractivity contribution in [2.24, 2.45) is 0 Å². The maximum Gasteiger partial charge on any atom is 0.213 e. The van der Waals surface area contributed by atoms with Crippen LogP contribution in [0, 0.1) is 12.7 Å². The second-order valence-electron chi connectivity index (χ2n) is 11.0. The van der Waals surface area contributed by atoms with Gasteiger partial charge in [0.05, 0.1) is 13.3 Å². The molecule has 2 heterocycles. The molecular weight excluding hydrogens is 484 g/mol. The van der Waals surface area contributed by atoms with Gasteiger partial charge in [-0.25, -0.2) is 9.37 Å². The molecule has 37 heavy (non-hydrogen) atoms. The van der Waals surface area contributed by atoms with Crippen molar-refractivity contribution in [1.82, 2.24) is 14.9 Å². The molecule has 7 heteroatoms. The zero-order chi connectivity index (χ0) is 27.3. The van der Waals surface area contributed by atoms with E-state index in [9.17, 15) is 8.96 Å². The maximum atomic E-state index is 14.8. The maximum absolute atomic E-state index is 14.8. The van der Waals surface area contributed by atoms with Gasteiger partial charge in [0, 0.05) is 48.3 Å². The Bertz CT molecular complexity index is 1250. The Morgan fingerprint density at radius 2 is 1.68 bits per heavy atom. The Hall–Kier alpha value is -2.56. The average Bonchev–Trinajstić information content (AvgIpc) is 2.81. The van der Waals surface area contributed by atoms with E-state index in [0.717, 1.165) is 27.9 Å². The third-order valence-electron chi connectivity index (χ3n) is 6.56. The van der Waals surface area contributed by atoms with E-state index < -0.39 is 7.14 Å². The topological polar surface area (TPSA) is 55.3 Å². The summed E-state index contributed by atoms with van der Waals surface area (Å²) in [6.07, 6.45) is 3.68. The third kappa shape index (κ3) is 8.21. The molecule has 200 valence electrons. The van der Waals surface area contributed by atoms with Crippen LogP contribution in [0.3, 0.4) is 0 Å². The van der Waals surface area contributed by atoms with Crippen molar-refractivity contribution >= 4 is 7.14 Å². The first kappa shape index (κ1) is 29.0. The molecule has 5 nitrogen and oxygen atoms in total.